The van der Waals surface area contributed by atoms with Crippen LogP contribution >= 0.6 is 0 Å². The van der Waals surface area contributed by atoms with Crippen LogP contribution in [-0.4, -0.2) is 28.3 Å². The summed E-state index contributed by atoms with van der Waals surface area (Å²) in [6.07, 6.45) is 1.38. The number of carboxylic acids is 1. The molecule has 0 unspecified atom stereocenters. The number of hydrogen-bond donors (Lipinski definition) is 1. The number of rotatable bonds is 3. The minimum absolute atomic E-state index is 0.136. The van der Waals surface area contributed by atoms with Gasteiger partial charge < -0.3 is 10.0 Å². The molecule has 98 valence electrons. The molecule has 2 rings (SSSR count). The second-order valence-electron chi connectivity index (χ2n) is 4.48. The second kappa shape index (κ2) is 5.06. The molecule has 0 fully saturated rings. The summed E-state index contributed by atoms with van der Waals surface area (Å²) >= 11 is 0. The van der Waals surface area contributed by atoms with E-state index in [9.17, 15) is 9.90 Å². The lowest BCUT2D eigenvalue weighted by atomic mass is 10.1. The molecule has 0 atom stereocenters. The molecular formula is C14H15N3O2. The third-order valence-electron chi connectivity index (χ3n) is 2.84. The first-order chi connectivity index (χ1) is 8.99. The Balaban J connectivity index is 2.49. The number of benzene rings is 1. The van der Waals surface area contributed by atoms with E-state index in [1.165, 1.54) is 12.3 Å². The average molecular weight is 257 g/mol. The van der Waals surface area contributed by atoms with Gasteiger partial charge in [-0.1, -0.05) is 6.07 Å². The van der Waals surface area contributed by atoms with Gasteiger partial charge in [0, 0.05) is 12.7 Å². The summed E-state index contributed by atoms with van der Waals surface area (Å²) in [6.45, 7) is 4.00. The highest BCUT2D eigenvalue weighted by molar-refractivity contribution is 5.94. The van der Waals surface area contributed by atoms with Crippen LogP contribution in [0.15, 0.2) is 30.5 Å². The van der Waals surface area contributed by atoms with Crippen LogP contribution in [0.4, 0.5) is 11.5 Å². The molecule has 0 saturated carbocycles. The smallest absolute Gasteiger partial charge is 0.339 e. The van der Waals surface area contributed by atoms with Crippen LogP contribution in [0, 0.1) is 13.8 Å². The van der Waals surface area contributed by atoms with Gasteiger partial charge in [-0.15, -0.1) is 5.10 Å². The fourth-order valence-corrected chi connectivity index (χ4v) is 2.01. The number of anilines is 2. The standard InChI is InChI=1S/C14H15N3O2/c1-9-6-10(2)8-11(7-9)17(3)13-12(14(18)19)4-5-15-16-13/h4-8H,1-3H3,(H,18,19). The van der Waals surface area contributed by atoms with E-state index in [2.05, 4.69) is 16.3 Å². The van der Waals surface area contributed by atoms with Crippen LogP contribution in [-0.2, 0) is 0 Å². The van der Waals surface area contributed by atoms with Crippen molar-refractivity contribution in [1.29, 1.82) is 0 Å². The SMILES string of the molecule is Cc1cc(C)cc(N(C)c2nnccc2C(=O)O)c1. The molecule has 0 aliphatic carbocycles. The number of aromatic carboxylic acids is 1. The first-order valence-electron chi connectivity index (χ1n) is 5.86. The highest BCUT2D eigenvalue weighted by atomic mass is 16.4. The van der Waals surface area contributed by atoms with E-state index in [-0.39, 0.29) is 5.56 Å². The molecular weight excluding hydrogens is 242 g/mol. The first kappa shape index (κ1) is 13.0. The van der Waals surface area contributed by atoms with Gasteiger partial charge in [-0.2, -0.15) is 5.10 Å². The van der Waals surface area contributed by atoms with Crippen molar-refractivity contribution in [2.75, 3.05) is 11.9 Å². The summed E-state index contributed by atoms with van der Waals surface area (Å²) in [4.78, 5) is 12.9. The number of hydrogen-bond acceptors (Lipinski definition) is 4. The van der Waals surface area contributed by atoms with Crippen LogP contribution in [0.5, 0.6) is 0 Å². The van der Waals surface area contributed by atoms with Gasteiger partial charge in [0.25, 0.3) is 0 Å². The summed E-state index contributed by atoms with van der Waals surface area (Å²) in [5.74, 6) is -0.680. The maximum absolute atomic E-state index is 11.2. The van der Waals surface area contributed by atoms with Gasteiger partial charge in [-0.3, -0.25) is 0 Å². The molecule has 0 aliphatic heterocycles. The first-order valence-corrected chi connectivity index (χ1v) is 5.86. The van der Waals surface area contributed by atoms with E-state index in [4.69, 9.17) is 0 Å². The predicted octanol–water partition coefficient (Wildman–Crippen LogP) is 2.56. The minimum Gasteiger partial charge on any atom is -0.478 e. The Bertz CT molecular complexity index is 606. The minimum atomic E-state index is -1.01. The van der Waals surface area contributed by atoms with Gasteiger partial charge in [-0.05, 0) is 43.2 Å². The van der Waals surface area contributed by atoms with E-state index in [1.54, 1.807) is 11.9 Å². The zero-order valence-electron chi connectivity index (χ0n) is 11.1. The normalized spacial score (nSPS) is 10.3. The lowest BCUT2D eigenvalue weighted by Crippen LogP contribution is -2.16. The largest absolute Gasteiger partial charge is 0.478 e. The molecule has 5 nitrogen and oxygen atoms in total. The molecule has 19 heavy (non-hydrogen) atoms. The van der Waals surface area contributed by atoms with Crippen LogP contribution < -0.4 is 4.90 Å². The van der Waals surface area contributed by atoms with Crippen molar-refractivity contribution in [2.24, 2.45) is 0 Å². The van der Waals surface area contributed by atoms with E-state index in [0.717, 1.165) is 16.8 Å². The summed E-state index contributed by atoms with van der Waals surface area (Å²) in [5, 5.41) is 16.9. The van der Waals surface area contributed by atoms with E-state index in [0.29, 0.717) is 5.82 Å². The van der Waals surface area contributed by atoms with Gasteiger partial charge in [0.15, 0.2) is 5.82 Å². The van der Waals surface area contributed by atoms with Gasteiger partial charge >= 0.3 is 5.97 Å². The molecule has 0 aliphatic rings. The lowest BCUT2D eigenvalue weighted by Gasteiger charge is -2.20. The fourth-order valence-electron chi connectivity index (χ4n) is 2.01. The second-order valence-corrected chi connectivity index (χ2v) is 4.48. The maximum atomic E-state index is 11.2. The highest BCUT2D eigenvalue weighted by Gasteiger charge is 2.16. The van der Waals surface area contributed by atoms with Crippen molar-refractivity contribution in [3.05, 3.63) is 47.2 Å². The zero-order valence-corrected chi connectivity index (χ0v) is 11.1. The topological polar surface area (TPSA) is 66.3 Å². The van der Waals surface area contributed by atoms with Crippen LogP contribution in [0.2, 0.25) is 0 Å². The van der Waals surface area contributed by atoms with Crippen molar-refractivity contribution in [3.8, 4) is 0 Å². The molecule has 0 spiro atoms. The van der Waals surface area contributed by atoms with Crippen molar-refractivity contribution in [2.45, 2.75) is 13.8 Å². The van der Waals surface area contributed by atoms with Crippen LogP contribution in [0.3, 0.4) is 0 Å². The third kappa shape index (κ3) is 2.70. The molecule has 0 bridgehead atoms. The Morgan fingerprint density at radius 3 is 2.42 bits per heavy atom. The molecule has 1 heterocycles. The highest BCUT2D eigenvalue weighted by Crippen LogP contribution is 2.26. The van der Waals surface area contributed by atoms with E-state index in [1.807, 2.05) is 26.0 Å². The summed E-state index contributed by atoms with van der Waals surface area (Å²) < 4.78 is 0. The molecule has 1 N–H and O–H groups in total. The van der Waals surface area contributed by atoms with Crippen molar-refractivity contribution < 1.29 is 9.90 Å². The molecule has 2 aromatic rings. The van der Waals surface area contributed by atoms with Crippen molar-refractivity contribution >= 4 is 17.5 Å². The number of aromatic nitrogens is 2. The summed E-state index contributed by atoms with van der Waals surface area (Å²) in [5.41, 5.74) is 3.25. The lowest BCUT2D eigenvalue weighted by molar-refractivity contribution is 0.0697. The van der Waals surface area contributed by atoms with Gasteiger partial charge in [0.1, 0.15) is 5.56 Å². The zero-order chi connectivity index (χ0) is 14.0. The third-order valence-corrected chi connectivity index (χ3v) is 2.84. The number of carbonyl (C=O) groups is 1. The van der Waals surface area contributed by atoms with Crippen LogP contribution in [0.1, 0.15) is 21.5 Å². The fraction of sp³-hybridized carbons (Fsp3) is 0.214. The molecule has 1 aromatic carbocycles. The molecule has 1 aromatic heterocycles. The van der Waals surface area contributed by atoms with Gasteiger partial charge in [-0.25, -0.2) is 4.79 Å². The van der Waals surface area contributed by atoms with Gasteiger partial charge in [0.05, 0.1) is 6.20 Å². The number of carboxylic acid groups (broad SMARTS) is 1. The predicted molar refractivity (Wildman–Crippen MR) is 73.0 cm³/mol. The Morgan fingerprint density at radius 2 is 1.84 bits per heavy atom. The Labute approximate surface area is 111 Å². The molecule has 5 heteroatoms. The van der Waals surface area contributed by atoms with Crippen molar-refractivity contribution in [1.82, 2.24) is 10.2 Å². The van der Waals surface area contributed by atoms with E-state index < -0.39 is 5.97 Å². The van der Waals surface area contributed by atoms with Gasteiger partial charge in [0.2, 0.25) is 0 Å². The van der Waals surface area contributed by atoms with Crippen LogP contribution in [0.25, 0.3) is 0 Å². The average Bonchev–Trinajstić information content (AvgIpc) is 2.36. The number of nitrogens with zero attached hydrogens (tertiary/aromatic N) is 3. The quantitative estimate of drug-likeness (QED) is 0.915. The Kier molecular flexibility index (Phi) is 3.46. The Hall–Kier alpha value is -2.43. The molecule has 0 amide bonds. The van der Waals surface area contributed by atoms with E-state index >= 15 is 0 Å². The molecule has 0 saturated heterocycles. The number of aryl methyl sites for hydroxylation is 2. The molecule has 0 radical (unpaired) electrons. The monoisotopic (exact) mass is 257 g/mol. The maximum Gasteiger partial charge on any atom is 0.339 e. The summed E-state index contributed by atoms with van der Waals surface area (Å²) in [7, 11) is 1.78. The van der Waals surface area contributed by atoms with Crippen molar-refractivity contribution in [3.63, 3.8) is 0 Å². The summed E-state index contributed by atoms with van der Waals surface area (Å²) in [6, 6.07) is 7.47. The Morgan fingerprint density at radius 1 is 1.21 bits per heavy atom.